The molecule has 2 N–H and O–H groups in total. The third kappa shape index (κ3) is 26.6. The van der Waals surface area contributed by atoms with Crippen LogP contribution >= 0.6 is 7.82 Å². The fraction of sp³-hybridized carbons (Fsp3) is 1.00. The highest BCUT2D eigenvalue weighted by atomic mass is 31.2. The van der Waals surface area contributed by atoms with Gasteiger partial charge in [-0.15, -0.1) is 0 Å². The summed E-state index contributed by atoms with van der Waals surface area (Å²) in [5.74, 6) is 0. The lowest BCUT2D eigenvalue weighted by Gasteiger charge is -2.27. The SMILES string of the molecule is CCCCCCCCCCCCCCCCCCOCC(N)COP(=O)([O-])OCC[N+](C)(C)C. The van der Waals surface area contributed by atoms with Crippen molar-refractivity contribution in [3.63, 3.8) is 0 Å². The molecule has 8 heteroatoms. The second kappa shape index (κ2) is 22.2. The summed E-state index contributed by atoms with van der Waals surface area (Å²) >= 11 is 0. The van der Waals surface area contributed by atoms with E-state index < -0.39 is 13.9 Å². The van der Waals surface area contributed by atoms with Crippen LogP contribution in [0, 0.1) is 0 Å². The second-order valence-corrected chi connectivity index (χ2v) is 12.1. The highest BCUT2D eigenvalue weighted by Gasteiger charge is 2.15. The summed E-state index contributed by atoms with van der Waals surface area (Å²) in [5, 5.41) is 0. The van der Waals surface area contributed by atoms with Gasteiger partial charge in [-0.1, -0.05) is 103 Å². The second-order valence-electron chi connectivity index (χ2n) is 10.7. The molecule has 2 atom stereocenters. The molecule has 0 aliphatic carbocycles. The molecule has 0 heterocycles. The van der Waals surface area contributed by atoms with Crippen molar-refractivity contribution in [1.29, 1.82) is 0 Å². The average Bonchev–Trinajstić information content (AvgIpc) is 2.76. The van der Waals surface area contributed by atoms with Crippen molar-refractivity contribution < 1.29 is 27.7 Å². The third-order valence-electron chi connectivity index (χ3n) is 5.93. The van der Waals surface area contributed by atoms with Gasteiger partial charge < -0.3 is 28.9 Å². The number of likely N-dealkylation sites (N-methyl/N-ethyl adjacent to an activating group) is 1. The maximum absolute atomic E-state index is 11.7. The van der Waals surface area contributed by atoms with E-state index in [1.165, 1.54) is 96.3 Å². The van der Waals surface area contributed by atoms with Gasteiger partial charge in [-0.05, 0) is 6.42 Å². The lowest BCUT2D eigenvalue weighted by Crippen LogP contribution is -2.38. The van der Waals surface area contributed by atoms with Crippen molar-refractivity contribution in [3.05, 3.63) is 0 Å². The predicted octanol–water partition coefficient (Wildman–Crippen LogP) is 5.80. The lowest BCUT2D eigenvalue weighted by atomic mass is 10.0. The molecule has 0 saturated carbocycles. The van der Waals surface area contributed by atoms with Gasteiger partial charge in [0.15, 0.2) is 0 Å². The Morgan fingerprint density at radius 2 is 1.15 bits per heavy atom. The first-order valence-electron chi connectivity index (χ1n) is 13.9. The van der Waals surface area contributed by atoms with Crippen molar-refractivity contribution in [2.45, 2.75) is 116 Å². The third-order valence-corrected chi connectivity index (χ3v) is 6.90. The van der Waals surface area contributed by atoms with Crippen molar-refractivity contribution in [2.75, 3.05) is 54.1 Å². The Bertz CT molecular complexity index is 488. The van der Waals surface area contributed by atoms with Gasteiger partial charge in [0.1, 0.15) is 13.2 Å². The number of hydrogen-bond acceptors (Lipinski definition) is 6. The number of phosphoric ester groups is 1. The van der Waals surface area contributed by atoms with E-state index in [1.54, 1.807) is 0 Å². The van der Waals surface area contributed by atoms with Crippen LogP contribution in [0.5, 0.6) is 0 Å². The average molecular weight is 509 g/mol. The van der Waals surface area contributed by atoms with E-state index in [2.05, 4.69) is 6.92 Å². The van der Waals surface area contributed by atoms with E-state index in [0.717, 1.165) is 6.42 Å². The number of nitrogens with zero attached hydrogens (tertiary/aromatic N) is 1. The van der Waals surface area contributed by atoms with E-state index in [-0.39, 0.29) is 19.8 Å². The molecular formula is C26H57N2O5P. The minimum absolute atomic E-state index is 0.0925. The van der Waals surface area contributed by atoms with Crippen LogP contribution in [0.1, 0.15) is 110 Å². The molecule has 0 aliphatic rings. The van der Waals surface area contributed by atoms with E-state index in [4.69, 9.17) is 19.5 Å². The monoisotopic (exact) mass is 508 g/mol. The van der Waals surface area contributed by atoms with Crippen LogP contribution in [0.4, 0.5) is 0 Å². The standard InChI is InChI=1S/C26H57N2O5P/c1-5-6-7-8-9-10-11-12-13-14-15-16-17-18-19-20-22-31-24-26(27)25-33-34(29,30)32-23-21-28(2,3)4/h26H,5-25,27H2,1-4H3. The smallest absolute Gasteiger partial charge is 0.268 e. The fourth-order valence-corrected chi connectivity index (χ4v) is 4.44. The summed E-state index contributed by atoms with van der Waals surface area (Å²) in [6.07, 6.45) is 21.5. The Hall–Kier alpha value is -0.0100. The molecule has 0 aromatic carbocycles. The molecule has 0 aromatic rings. The lowest BCUT2D eigenvalue weighted by molar-refractivity contribution is -0.870. The van der Waals surface area contributed by atoms with Crippen LogP contribution in [-0.4, -0.2) is 64.6 Å². The molecule has 206 valence electrons. The molecule has 0 amide bonds. The summed E-state index contributed by atoms with van der Waals surface area (Å²) in [6.45, 7) is 3.76. The maximum atomic E-state index is 11.7. The van der Waals surface area contributed by atoms with Crippen LogP contribution in [0.25, 0.3) is 0 Å². The zero-order chi connectivity index (χ0) is 25.5. The van der Waals surface area contributed by atoms with Gasteiger partial charge in [-0.25, -0.2) is 0 Å². The number of phosphoric acid groups is 1. The van der Waals surface area contributed by atoms with Crippen molar-refractivity contribution in [3.8, 4) is 0 Å². The molecular weight excluding hydrogens is 451 g/mol. The van der Waals surface area contributed by atoms with Gasteiger partial charge >= 0.3 is 0 Å². The van der Waals surface area contributed by atoms with Crippen molar-refractivity contribution >= 4 is 7.82 Å². The van der Waals surface area contributed by atoms with Crippen molar-refractivity contribution in [2.24, 2.45) is 5.73 Å². The van der Waals surface area contributed by atoms with Crippen LogP contribution in [0.3, 0.4) is 0 Å². The van der Waals surface area contributed by atoms with Gasteiger partial charge in [0.25, 0.3) is 7.82 Å². The topological polar surface area (TPSA) is 93.8 Å². The summed E-state index contributed by atoms with van der Waals surface area (Å²) in [6, 6.07) is -0.481. The van der Waals surface area contributed by atoms with Crippen molar-refractivity contribution in [1.82, 2.24) is 0 Å². The van der Waals surface area contributed by atoms with Gasteiger partial charge in [0, 0.05) is 6.61 Å². The zero-order valence-electron chi connectivity index (χ0n) is 22.9. The molecule has 0 aliphatic heterocycles. The summed E-state index contributed by atoms with van der Waals surface area (Å²) in [7, 11) is 1.59. The molecule has 0 radical (unpaired) electrons. The van der Waals surface area contributed by atoms with E-state index in [9.17, 15) is 9.46 Å². The molecule has 2 unspecified atom stereocenters. The molecule has 0 fully saturated rings. The summed E-state index contributed by atoms with van der Waals surface area (Å²) < 4.78 is 27.6. The Kier molecular flexibility index (Phi) is 22.2. The zero-order valence-corrected chi connectivity index (χ0v) is 23.8. The minimum atomic E-state index is -4.31. The molecule has 0 saturated heterocycles. The van der Waals surface area contributed by atoms with E-state index in [1.807, 2.05) is 21.1 Å². The number of quaternary nitrogens is 1. The molecule has 0 rings (SSSR count). The molecule has 34 heavy (non-hydrogen) atoms. The predicted molar refractivity (Wildman–Crippen MR) is 141 cm³/mol. The van der Waals surface area contributed by atoms with Crippen LogP contribution < -0.4 is 10.6 Å². The number of nitrogens with two attached hydrogens (primary N) is 1. The Morgan fingerprint density at radius 3 is 1.59 bits per heavy atom. The first kappa shape index (κ1) is 34.0. The van der Waals surface area contributed by atoms with Crippen LogP contribution in [0.15, 0.2) is 0 Å². The Morgan fingerprint density at radius 1 is 0.706 bits per heavy atom. The van der Waals surface area contributed by atoms with E-state index in [0.29, 0.717) is 17.6 Å². The molecule has 7 nitrogen and oxygen atoms in total. The largest absolute Gasteiger partial charge is 0.756 e. The Balaban J connectivity index is 3.37. The van der Waals surface area contributed by atoms with Crippen LogP contribution in [-0.2, 0) is 18.3 Å². The van der Waals surface area contributed by atoms with Gasteiger partial charge in [-0.3, -0.25) is 4.57 Å². The molecule has 0 bridgehead atoms. The van der Waals surface area contributed by atoms with E-state index >= 15 is 0 Å². The Labute approximate surface area is 211 Å². The molecule has 0 spiro atoms. The highest BCUT2D eigenvalue weighted by molar-refractivity contribution is 7.45. The molecule has 0 aromatic heterocycles. The summed E-state index contributed by atoms with van der Waals surface area (Å²) in [5.41, 5.74) is 5.88. The van der Waals surface area contributed by atoms with Gasteiger partial charge in [-0.2, -0.15) is 0 Å². The quantitative estimate of drug-likeness (QED) is 0.0901. The fourth-order valence-electron chi connectivity index (χ4n) is 3.69. The minimum Gasteiger partial charge on any atom is -0.756 e. The summed E-state index contributed by atoms with van der Waals surface area (Å²) in [4.78, 5) is 11.7. The normalized spacial score (nSPS) is 14.9. The first-order valence-corrected chi connectivity index (χ1v) is 15.4. The number of rotatable bonds is 26. The number of unbranched alkanes of at least 4 members (excludes halogenated alkanes) is 15. The maximum Gasteiger partial charge on any atom is 0.268 e. The van der Waals surface area contributed by atoms with Gasteiger partial charge in [0.2, 0.25) is 0 Å². The van der Waals surface area contributed by atoms with Gasteiger partial charge in [0.05, 0.1) is 40.4 Å². The first-order chi connectivity index (χ1) is 16.2. The number of hydrogen-bond donors (Lipinski definition) is 1. The highest BCUT2D eigenvalue weighted by Crippen LogP contribution is 2.38. The number of ether oxygens (including phenoxy) is 1. The van der Waals surface area contributed by atoms with Crippen LogP contribution in [0.2, 0.25) is 0 Å².